The number of aromatic carboxylic acids is 1. The standard InChI is InChI=1S/C14H12N4O2/c15-6-5-9-1-3-10(4-2-9)18-13-7-11(14(19)20)12(16)8-17-13/h1-4,7-8H,5,16H2,(H,17,18)(H,19,20). The molecule has 6 heteroatoms. The summed E-state index contributed by atoms with van der Waals surface area (Å²) < 4.78 is 0. The fourth-order valence-electron chi connectivity index (χ4n) is 1.66. The maximum atomic E-state index is 11.0. The molecule has 0 bridgehead atoms. The van der Waals surface area contributed by atoms with Crippen LogP contribution in [-0.2, 0) is 6.42 Å². The first kappa shape index (κ1) is 13.4. The molecule has 0 radical (unpaired) electrons. The molecule has 0 fully saturated rings. The van der Waals surface area contributed by atoms with E-state index in [0.717, 1.165) is 11.3 Å². The summed E-state index contributed by atoms with van der Waals surface area (Å²) in [5.41, 5.74) is 7.32. The summed E-state index contributed by atoms with van der Waals surface area (Å²) in [5, 5.41) is 20.6. The normalized spacial score (nSPS) is 9.75. The third-order valence-corrected chi connectivity index (χ3v) is 2.67. The molecule has 0 amide bonds. The van der Waals surface area contributed by atoms with Gasteiger partial charge in [-0.3, -0.25) is 0 Å². The number of nitriles is 1. The number of carboxylic acids is 1. The molecule has 100 valence electrons. The molecule has 0 saturated carbocycles. The number of hydrogen-bond acceptors (Lipinski definition) is 5. The van der Waals surface area contributed by atoms with E-state index in [1.54, 1.807) is 12.1 Å². The van der Waals surface area contributed by atoms with Gasteiger partial charge in [-0.1, -0.05) is 12.1 Å². The van der Waals surface area contributed by atoms with Crippen LogP contribution in [0.4, 0.5) is 17.2 Å². The van der Waals surface area contributed by atoms with Crippen LogP contribution in [0, 0.1) is 11.3 Å². The van der Waals surface area contributed by atoms with Crippen LogP contribution < -0.4 is 11.1 Å². The van der Waals surface area contributed by atoms with E-state index >= 15 is 0 Å². The molecule has 6 nitrogen and oxygen atoms in total. The van der Waals surface area contributed by atoms with Crippen molar-refractivity contribution in [2.45, 2.75) is 6.42 Å². The molecular weight excluding hydrogens is 256 g/mol. The van der Waals surface area contributed by atoms with Crippen LogP contribution in [0.3, 0.4) is 0 Å². The zero-order valence-corrected chi connectivity index (χ0v) is 10.5. The minimum Gasteiger partial charge on any atom is -0.478 e. The van der Waals surface area contributed by atoms with Gasteiger partial charge in [0, 0.05) is 5.69 Å². The lowest BCUT2D eigenvalue weighted by atomic mass is 10.1. The van der Waals surface area contributed by atoms with Crippen LogP contribution in [0.2, 0.25) is 0 Å². The Kier molecular flexibility index (Phi) is 3.82. The Bertz CT molecular complexity index is 675. The Morgan fingerprint density at radius 1 is 1.40 bits per heavy atom. The number of anilines is 3. The van der Waals surface area contributed by atoms with E-state index in [-0.39, 0.29) is 11.3 Å². The van der Waals surface area contributed by atoms with Crippen LogP contribution in [0.25, 0.3) is 0 Å². The second-order valence-electron chi connectivity index (χ2n) is 4.12. The second kappa shape index (κ2) is 5.71. The van der Waals surface area contributed by atoms with Crippen molar-refractivity contribution in [3.63, 3.8) is 0 Å². The van der Waals surface area contributed by atoms with E-state index in [0.29, 0.717) is 12.2 Å². The highest BCUT2D eigenvalue weighted by Gasteiger charge is 2.09. The summed E-state index contributed by atoms with van der Waals surface area (Å²) in [4.78, 5) is 15.0. The first-order valence-electron chi connectivity index (χ1n) is 5.82. The van der Waals surface area contributed by atoms with Gasteiger partial charge in [-0.25, -0.2) is 9.78 Å². The van der Waals surface area contributed by atoms with Gasteiger partial charge in [0.2, 0.25) is 0 Å². The predicted molar refractivity (Wildman–Crippen MR) is 74.7 cm³/mol. The smallest absolute Gasteiger partial charge is 0.337 e. The van der Waals surface area contributed by atoms with E-state index in [2.05, 4.69) is 16.4 Å². The van der Waals surface area contributed by atoms with Crippen molar-refractivity contribution in [1.82, 2.24) is 4.98 Å². The summed E-state index contributed by atoms with van der Waals surface area (Å²) in [6, 6.07) is 10.7. The van der Waals surface area contributed by atoms with Gasteiger partial charge < -0.3 is 16.2 Å². The number of benzene rings is 1. The number of rotatable bonds is 4. The van der Waals surface area contributed by atoms with Gasteiger partial charge in [-0.2, -0.15) is 5.26 Å². The number of pyridine rings is 1. The van der Waals surface area contributed by atoms with Crippen LogP contribution in [0.1, 0.15) is 15.9 Å². The Labute approximate surface area is 115 Å². The van der Waals surface area contributed by atoms with Crippen LogP contribution in [-0.4, -0.2) is 16.1 Å². The van der Waals surface area contributed by atoms with Gasteiger partial charge in [0.1, 0.15) is 5.82 Å². The van der Waals surface area contributed by atoms with Gasteiger partial charge in [0.25, 0.3) is 0 Å². The second-order valence-corrected chi connectivity index (χ2v) is 4.12. The first-order valence-corrected chi connectivity index (χ1v) is 5.82. The molecule has 0 aliphatic carbocycles. The highest BCUT2D eigenvalue weighted by Crippen LogP contribution is 2.19. The molecule has 0 aliphatic heterocycles. The van der Waals surface area contributed by atoms with E-state index < -0.39 is 5.97 Å². The number of aromatic nitrogens is 1. The van der Waals surface area contributed by atoms with Gasteiger partial charge in [-0.15, -0.1) is 0 Å². The van der Waals surface area contributed by atoms with Crippen molar-refractivity contribution < 1.29 is 9.90 Å². The van der Waals surface area contributed by atoms with Crippen molar-refractivity contribution in [3.8, 4) is 6.07 Å². The molecule has 0 spiro atoms. The topological polar surface area (TPSA) is 112 Å². The predicted octanol–water partition coefficient (Wildman–Crippen LogP) is 2.17. The third kappa shape index (κ3) is 3.03. The number of nitrogens with two attached hydrogens (primary N) is 1. The quantitative estimate of drug-likeness (QED) is 0.783. The van der Waals surface area contributed by atoms with Crippen LogP contribution in [0.5, 0.6) is 0 Å². The zero-order valence-electron chi connectivity index (χ0n) is 10.5. The van der Waals surface area contributed by atoms with Crippen LogP contribution >= 0.6 is 0 Å². The number of carboxylic acid groups (broad SMARTS) is 1. The zero-order chi connectivity index (χ0) is 14.5. The molecule has 4 N–H and O–H groups in total. The lowest BCUT2D eigenvalue weighted by Gasteiger charge is -2.08. The number of nitrogen functional groups attached to an aromatic ring is 1. The minimum atomic E-state index is -1.10. The molecule has 1 heterocycles. The molecule has 0 unspecified atom stereocenters. The Morgan fingerprint density at radius 2 is 2.10 bits per heavy atom. The highest BCUT2D eigenvalue weighted by molar-refractivity contribution is 5.94. The highest BCUT2D eigenvalue weighted by atomic mass is 16.4. The molecule has 1 aromatic carbocycles. The van der Waals surface area contributed by atoms with E-state index in [1.807, 2.05) is 12.1 Å². The number of carbonyl (C=O) groups is 1. The maximum absolute atomic E-state index is 11.0. The Balaban J connectivity index is 2.20. The van der Waals surface area contributed by atoms with Gasteiger partial charge in [0.15, 0.2) is 0 Å². The largest absolute Gasteiger partial charge is 0.478 e. The number of nitrogens with zero attached hydrogens (tertiary/aromatic N) is 2. The molecule has 2 rings (SSSR count). The van der Waals surface area contributed by atoms with Crippen molar-refractivity contribution in [2.24, 2.45) is 0 Å². The molecule has 20 heavy (non-hydrogen) atoms. The van der Waals surface area contributed by atoms with Gasteiger partial charge in [-0.05, 0) is 23.8 Å². The van der Waals surface area contributed by atoms with Crippen LogP contribution in [0.15, 0.2) is 36.5 Å². The monoisotopic (exact) mass is 268 g/mol. The molecule has 0 saturated heterocycles. The Hall–Kier alpha value is -3.07. The molecule has 0 aliphatic rings. The molecule has 1 aromatic heterocycles. The lowest BCUT2D eigenvalue weighted by Crippen LogP contribution is -2.05. The van der Waals surface area contributed by atoms with Gasteiger partial charge in [0.05, 0.1) is 29.9 Å². The summed E-state index contributed by atoms with van der Waals surface area (Å²) >= 11 is 0. The average Bonchev–Trinajstić information content (AvgIpc) is 2.43. The minimum absolute atomic E-state index is 0.00333. The fourth-order valence-corrected chi connectivity index (χ4v) is 1.66. The summed E-state index contributed by atoms with van der Waals surface area (Å²) in [6.45, 7) is 0. The SMILES string of the molecule is N#CCc1ccc(Nc2cc(C(=O)O)c(N)cn2)cc1. The summed E-state index contributed by atoms with van der Waals surface area (Å²) in [5.74, 6) is -0.707. The molecule has 2 aromatic rings. The average molecular weight is 268 g/mol. The summed E-state index contributed by atoms with van der Waals surface area (Å²) in [7, 11) is 0. The van der Waals surface area contributed by atoms with Gasteiger partial charge >= 0.3 is 5.97 Å². The Morgan fingerprint density at radius 3 is 2.70 bits per heavy atom. The third-order valence-electron chi connectivity index (χ3n) is 2.67. The number of hydrogen-bond donors (Lipinski definition) is 3. The van der Waals surface area contributed by atoms with E-state index in [9.17, 15) is 4.79 Å². The van der Waals surface area contributed by atoms with Crippen molar-refractivity contribution >= 4 is 23.2 Å². The van der Waals surface area contributed by atoms with E-state index in [1.165, 1.54) is 12.3 Å². The lowest BCUT2D eigenvalue weighted by molar-refractivity contribution is 0.0698. The fraction of sp³-hybridized carbons (Fsp3) is 0.0714. The first-order chi connectivity index (χ1) is 9.60. The maximum Gasteiger partial charge on any atom is 0.337 e. The van der Waals surface area contributed by atoms with Crippen molar-refractivity contribution in [3.05, 3.63) is 47.7 Å². The summed E-state index contributed by atoms with van der Waals surface area (Å²) in [6.07, 6.45) is 1.65. The molecular formula is C14H12N4O2. The van der Waals surface area contributed by atoms with E-state index in [4.69, 9.17) is 16.1 Å². The van der Waals surface area contributed by atoms with Crippen molar-refractivity contribution in [2.75, 3.05) is 11.1 Å². The number of nitrogens with one attached hydrogen (secondary N) is 1. The van der Waals surface area contributed by atoms with Crippen molar-refractivity contribution in [1.29, 1.82) is 5.26 Å². The molecule has 0 atom stereocenters.